The Bertz CT molecular complexity index is 206. The van der Waals surface area contributed by atoms with Crippen molar-refractivity contribution < 1.29 is 14.4 Å². The lowest BCUT2D eigenvalue weighted by atomic mass is 10.2. The molecule has 1 unspecified atom stereocenters. The first-order chi connectivity index (χ1) is 5.96. The Morgan fingerprint density at radius 3 is 2.69 bits per heavy atom. The van der Waals surface area contributed by atoms with E-state index in [1.807, 2.05) is 13.8 Å². The van der Waals surface area contributed by atoms with Gasteiger partial charge in [-0.15, -0.1) is 0 Å². The lowest BCUT2D eigenvalue weighted by molar-refractivity contribution is -0.170. The Balaban J connectivity index is 2.51. The fraction of sp³-hybridized carbons (Fsp3) is 0.875. The molecule has 1 aliphatic rings. The third kappa shape index (κ3) is 2.40. The zero-order chi connectivity index (χ0) is 10.1. The number of nitrogens with zero attached hydrogens (tertiary/aromatic N) is 1. The van der Waals surface area contributed by atoms with Crippen LogP contribution in [0.4, 0.5) is 0 Å². The second-order valence-electron chi connectivity index (χ2n) is 3.54. The van der Waals surface area contributed by atoms with E-state index in [1.165, 1.54) is 12.2 Å². The van der Waals surface area contributed by atoms with Crippen LogP contribution in [0.25, 0.3) is 0 Å². The van der Waals surface area contributed by atoms with E-state index in [0.717, 1.165) is 0 Å². The highest BCUT2D eigenvalue weighted by molar-refractivity contribution is 5.81. The Morgan fingerprint density at radius 1 is 1.69 bits per heavy atom. The fourth-order valence-electron chi connectivity index (χ4n) is 1.24. The molecule has 0 aromatic rings. The Morgan fingerprint density at radius 2 is 2.31 bits per heavy atom. The summed E-state index contributed by atoms with van der Waals surface area (Å²) in [5.41, 5.74) is -0.422. The lowest BCUT2D eigenvalue weighted by Crippen LogP contribution is -2.47. The lowest BCUT2D eigenvalue weighted by Gasteiger charge is -2.20. The van der Waals surface area contributed by atoms with E-state index in [9.17, 15) is 4.79 Å². The summed E-state index contributed by atoms with van der Waals surface area (Å²) in [7, 11) is 3.04. The van der Waals surface area contributed by atoms with Gasteiger partial charge in [0.05, 0.1) is 13.7 Å². The molecule has 1 heterocycles. The molecule has 76 valence electrons. The van der Waals surface area contributed by atoms with Crippen molar-refractivity contribution >= 4 is 5.91 Å². The van der Waals surface area contributed by atoms with E-state index in [4.69, 9.17) is 9.57 Å². The molecule has 1 atom stereocenters. The largest absolute Gasteiger partial charge is 0.359 e. The van der Waals surface area contributed by atoms with Gasteiger partial charge in [0.25, 0.3) is 5.91 Å². The Hall–Kier alpha value is -0.650. The van der Waals surface area contributed by atoms with E-state index >= 15 is 0 Å². The zero-order valence-electron chi connectivity index (χ0n) is 8.46. The SMILES string of the molecule is CON(C)C(=O)C1COC(C)(C)N1. The van der Waals surface area contributed by atoms with Crippen molar-refractivity contribution in [2.75, 3.05) is 20.8 Å². The molecule has 5 heteroatoms. The molecule has 1 saturated heterocycles. The number of carbonyl (C=O) groups excluding carboxylic acids is 1. The molecule has 1 aliphatic heterocycles. The summed E-state index contributed by atoms with van der Waals surface area (Å²) < 4.78 is 5.35. The molecule has 1 amide bonds. The molecular weight excluding hydrogens is 172 g/mol. The number of hydrogen-bond donors (Lipinski definition) is 1. The van der Waals surface area contributed by atoms with E-state index < -0.39 is 5.72 Å². The molecule has 0 aromatic heterocycles. The van der Waals surface area contributed by atoms with Crippen LogP contribution >= 0.6 is 0 Å². The number of nitrogens with one attached hydrogen (secondary N) is 1. The molecule has 5 nitrogen and oxygen atoms in total. The van der Waals surface area contributed by atoms with Gasteiger partial charge in [-0.1, -0.05) is 0 Å². The third-order valence-corrected chi connectivity index (χ3v) is 2.01. The topological polar surface area (TPSA) is 50.8 Å². The van der Waals surface area contributed by atoms with Gasteiger partial charge in [0, 0.05) is 7.05 Å². The predicted octanol–water partition coefficient (Wildman–Crippen LogP) is -0.269. The summed E-state index contributed by atoms with van der Waals surface area (Å²) in [4.78, 5) is 16.3. The van der Waals surface area contributed by atoms with Crippen LogP contribution in [0.1, 0.15) is 13.8 Å². The first kappa shape index (κ1) is 10.4. The summed E-state index contributed by atoms with van der Waals surface area (Å²) in [5.74, 6) is -0.118. The van der Waals surface area contributed by atoms with Gasteiger partial charge in [-0.25, -0.2) is 5.06 Å². The van der Waals surface area contributed by atoms with Crippen molar-refractivity contribution in [3.05, 3.63) is 0 Å². The van der Waals surface area contributed by atoms with Gasteiger partial charge in [-0.2, -0.15) is 0 Å². The van der Waals surface area contributed by atoms with Crippen LogP contribution in [0.2, 0.25) is 0 Å². The molecule has 0 radical (unpaired) electrons. The molecule has 0 bridgehead atoms. The molecule has 1 N–H and O–H groups in total. The number of rotatable bonds is 2. The number of carbonyl (C=O) groups is 1. The van der Waals surface area contributed by atoms with Crippen LogP contribution in [-0.2, 0) is 14.4 Å². The summed E-state index contributed by atoms with van der Waals surface area (Å²) in [6.07, 6.45) is 0. The van der Waals surface area contributed by atoms with Gasteiger partial charge < -0.3 is 4.74 Å². The number of hydroxylamine groups is 2. The highest BCUT2D eigenvalue weighted by atomic mass is 16.7. The van der Waals surface area contributed by atoms with Crippen LogP contribution in [0.15, 0.2) is 0 Å². The molecular formula is C8H16N2O3. The van der Waals surface area contributed by atoms with E-state index in [-0.39, 0.29) is 11.9 Å². The van der Waals surface area contributed by atoms with Crippen LogP contribution < -0.4 is 5.32 Å². The van der Waals surface area contributed by atoms with Gasteiger partial charge in [0.15, 0.2) is 0 Å². The van der Waals surface area contributed by atoms with E-state index in [2.05, 4.69) is 5.32 Å². The van der Waals surface area contributed by atoms with Gasteiger partial charge in [-0.05, 0) is 13.8 Å². The highest BCUT2D eigenvalue weighted by Gasteiger charge is 2.36. The predicted molar refractivity (Wildman–Crippen MR) is 46.7 cm³/mol. The molecule has 13 heavy (non-hydrogen) atoms. The second kappa shape index (κ2) is 3.61. The maximum atomic E-state index is 11.5. The van der Waals surface area contributed by atoms with Crippen molar-refractivity contribution in [1.82, 2.24) is 10.4 Å². The number of likely N-dealkylation sites (N-methyl/N-ethyl adjacent to an activating group) is 1. The normalized spacial score (nSPS) is 26.0. The Labute approximate surface area is 77.9 Å². The van der Waals surface area contributed by atoms with Crippen molar-refractivity contribution in [2.45, 2.75) is 25.6 Å². The number of ether oxygens (including phenoxy) is 1. The zero-order valence-corrected chi connectivity index (χ0v) is 8.46. The summed E-state index contributed by atoms with van der Waals surface area (Å²) in [5, 5.41) is 4.25. The smallest absolute Gasteiger partial charge is 0.265 e. The Kier molecular flexibility index (Phi) is 2.90. The maximum Gasteiger partial charge on any atom is 0.265 e. The monoisotopic (exact) mass is 188 g/mol. The average Bonchev–Trinajstić information content (AvgIpc) is 2.43. The third-order valence-electron chi connectivity index (χ3n) is 2.01. The van der Waals surface area contributed by atoms with Gasteiger partial charge in [-0.3, -0.25) is 14.9 Å². The molecule has 0 aliphatic carbocycles. The van der Waals surface area contributed by atoms with Crippen molar-refractivity contribution in [3.8, 4) is 0 Å². The van der Waals surface area contributed by atoms with Crippen molar-refractivity contribution in [2.24, 2.45) is 0 Å². The minimum absolute atomic E-state index is 0.118. The number of hydrogen-bond acceptors (Lipinski definition) is 4. The van der Waals surface area contributed by atoms with E-state index in [1.54, 1.807) is 7.05 Å². The standard InChI is InChI=1S/C8H16N2O3/c1-8(2)9-6(5-13-8)7(11)10(3)12-4/h6,9H,5H2,1-4H3. The highest BCUT2D eigenvalue weighted by Crippen LogP contribution is 2.15. The minimum Gasteiger partial charge on any atom is -0.359 e. The first-order valence-corrected chi connectivity index (χ1v) is 4.19. The van der Waals surface area contributed by atoms with Gasteiger partial charge in [0.2, 0.25) is 0 Å². The van der Waals surface area contributed by atoms with Gasteiger partial charge in [0.1, 0.15) is 11.8 Å². The molecule has 1 fully saturated rings. The summed E-state index contributed by atoms with van der Waals surface area (Å²) >= 11 is 0. The second-order valence-corrected chi connectivity index (χ2v) is 3.54. The van der Waals surface area contributed by atoms with Crippen molar-refractivity contribution in [3.63, 3.8) is 0 Å². The number of amides is 1. The first-order valence-electron chi connectivity index (χ1n) is 4.19. The van der Waals surface area contributed by atoms with Gasteiger partial charge >= 0.3 is 0 Å². The molecule has 0 aromatic carbocycles. The summed E-state index contributed by atoms with van der Waals surface area (Å²) in [6, 6.07) is -0.306. The van der Waals surface area contributed by atoms with Crippen LogP contribution in [-0.4, -0.2) is 43.5 Å². The average molecular weight is 188 g/mol. The van der Waals surface area contributed by atoms with E-state index in [0.29, 0.717) is 6.61 Å². The molecule has 0 saturated carbocycles. The fourth-order valence-corrected chi connectivity index (χ4v) is 1.24. The van der Waals surface area contributed by atoms with Crippen LogP contribution in [0, 0.1) is 0 Å². The minimum atomic E-state index is -0.422. The maximum absolute atomic E-state index is 11.5. The summed E-state index contributed by atoms with van der Waals surface area (Å²) in [6.45, 7) is 4.15. The quantitative estimate of drug-likeness (QED) is 0.606. The van der Waals surface area contributed by atoms with Crippen LogP contribution in [0.5, 0.6) is 0 Å². The molecule has 0 spiro atoms. The van der Waals surface area contributed by atoms with Crippen LogP contribution in [0.3, 0.4) is 0 Å². The van der Waals surface area contributed by atoms with Crippen molar-refractivity contribution in [1.29, 1.82) is 0 Å². The molecule has 1 rings (SSSR count).